The minimum absolute atomic E-state index is 0.162. The monoisotopic (exact) mass is 299 g/mol. The number of hydrogen-bond donors (Lipinski definition) is 1. The van der Waals surface area contributed by atoms with Crippen molar-refractivity contribution in [2.75, 3.05) is 5.32 Å². The number of nitrogens with one attached hydrogen (secondary N) is 1. The average molecular weight is 299 g/mol. The van der Waals surface area contributed by atoms with Crippen LogP contribution in [0, 0.1) is 5.92 Å². The average Bonchev–Trinajstić information content (AvgIpc) is 2.64. The molecule has 1 aliphatic rings. The Morgan fingerprint density at radius 2 is 1.86 bits per heavy atom. The van der Waals surface area contributed by atoms with Crippen LogP contribution in [0.25, 0.3) is 0 Å². The quantitative estimate of drug-likeness (QED) is 0.686. The molecule has 2 atom stereocenters. The Labute approximate surface area is 124 Å². The predicted molar refractivity (Wildman–Crippen MR) is 80.3 cm³/mol. The zero-order valence-electron chi connectivity index (χ0n) is 12.5. The van der Waals surface area contributed by atoms with E-state index < -0.39 is 11.7 Å². The molecular formula is C17H24F3N. The molecule has 1 aromatic carbocycles. The van der Waals surface area contributed by atoms with E-state index in [9.17, 15) is 13.2 Å². The molecule has 1 N–H and O–H groups in total. The second-order valence-electron chi connectivity index (χ2n) is 6.05. The normalized spacial score (nSPS) is 23.6. The van der Waals surface area contributed by atoms with E-state index in [4.69, 9.17) is 0 Å². The number of rotatable bonds is 4. The van der Waals surface area contributed by atoms with Gasteiger partial charge in [0.1, 0.15) is 0 Å². The molecular weight excluding hydrogens is 275 g/mol. The summed E-state index contributed by atoms with van der Waals surface area (Å²) in [5, 5.41) is 3.14. The van der Waals surface area contributed by atoms with E-state index in [1.165, 1.54) is 31.4 Å². The first-order valence-electron chi connectivity index (χ1n) is 7.93. The topological polar surface area (TPSA) is 12.0 Å². The lowest BCUT2D eigenvalue weighted by molar-refractivity contribution is -0.137. The highest BCUT2D eigenvalue weighted by atomic mass is 19.4. The van der Waals surface area contributed by atoms with Crippen LogP contribution >= 0.6 is 0 Å². The highest BCUT2D eigenvalue weighted by Gasteiger charge is 2.33. The summed E-state index contributed by atoms with van der Waals surface area (Å²) >= 11 is 0. The SMILES string of the molecule is CCCC1CCCC(Nc2ccccc2C(F)(F)F)CC1. The third-order valence-electron chi connectivity index (χ3n) is 4.38. The van der Waals surface area contributed by atoms with E-state index in [1.807, 2.05) is 0 Å². The van der Waals surface area contributed by atoms with Crippen LogP contribution in [0.1, 0.15) is 57.4 Å². The van der Waals surface area contributed by atoms with Gasteiger partial charge in [0, 0.05) is 11.7 Å². The van der Waals surface area contributed by atoms with Crippen molar-refractivity contribution in [3.05, 3.63) is 29.8 Å². The van der Waals surface area contributed by atoms with Crippen LogP contribution in [0.2, 0.25) is 0 Å². The lowest BCUT2D eigenvalue weighted by Gasteiger charge is -2.21. The van der Waals surface area contributed by atoms with Gasteiger partial charge < -0.3 is 5.32 Å². The van der Waals surface area contributed by atoms with Gasteiger partial charge in [-0.25, -0.2) is 0 Å². The van der Waals surface area contributed by atoms with Crippen LogP contribution in [-0.4, -0.2) is 6.04 Å². The van der Waals surface area contributed by atoms with Crippen molar-refractivity contribution in [3.8, 4) is 0 Å². The fraction of sp³-hybridized carbons (Fsp3) is 0.647. The molecule has 1 fully saturated rings. The lowest BCUT2D eigenvalue weighted by atomic mass is 9.95. The molecule has 1 aliphatic carbocycles. The Morgan fingerprint density at radius 3 is 2.57 bits per heavy atom. The first-order chi connectivity index (χ1) is 10.0. The van der Waals surface area contributed by atoms with E-state index >= 15 is 0 Å². The number of alkyl halides is 3. The van der Waals surface area contributed by atoms with Gasteiger partial charge in [-0.1, -0.05) is 44.7 Å². The van der Waals surface area contributed by atoms with Crippen molar-refractivity contribution in [1.82, 2.24) is 0 Å². The molecule has 0 radical (unpaired) electrons. The molecule has 118 valence electrons. The Morgan fingerprint density at radius 1 is 1.10 bits per heavy atom. The van der Waals surface area contributed by atoms with E-state index in [1.54, 1.807) is 6.07 Å². The molecule has 0 amide bonds. The summed E-state index contributed by atoms with van der Waals surface area (Å²) in [6, 6.07) is 5.96. The zero-order valence-corrected chi connectivity index (χ0v) is 12.5. The van der Waals surface area contributed by atoms with Crippen molar-refractivity contribution in [1.29, 1.82) is 0 Å². The standard InChI is InChI=1S/C17H24F3N/c1-2-6-13-7-5-8-14(12-11-13)21-16-10-4-3-9-15(16)17(18,19)20/h3-4,9-10,13-14,21H,2,5-8,11-12H2,1H3. The van der Waals surface area contributed by atoms with E-state index in [0.717, 1.165) is 37.7 Å². The first kappa shape index (κ1) is 16.2. The summed E-state index contributed by atoms with van der Waals surface area (Å²) in [4.78, 5) is 0. The summed E-state index contributed by atoms with van der Waals surface area (Å²) in [7, 11) is 0. The van der Waals surface area contributed by atoms with Crippen LogP contribution in [0.15, 0.2) is 24.3 Å². The van der Waals surface area contributed by atoms with Gasteiger partial charge in [-0.3, -0.25) is 0 Å². The minimum atomic E-state index is -4.29. The molecule has 0 heterocycles. The number of hydrogen-bond acceptors (Lipinski definition) is 1. The molecule has 1 saturated carbocycles. The van der Waals surface area contributed by atoms with Crippen molar-refractivity contribution in [2.45, 2.75) is 64.1 Å². The third-order valence-corrected chi connectivity index (χ3v) is 4.38. The van der Waals surface area contributed by atoms with Crippen LogP contribution in [0.5, 0.6) is 0 Å². The summed E-state index contributed by atoms with van der Waals surface area (Å²) in [5.41, 5.74) is -0.330. The number of anilines is 1. The summed E-state index contributed by atoms with van der Waals surface area (Å²) < 4.78 is 39.0. The van der Waals surface area contributed by atoms with Gasteiger partial charge in [-0.2, -0.15) is 13.2 Å². The fourth-order valence-electron chi connectivity index (χ4n) is 3.30. The molecule has 0 aromatic heterocycles. The highest BCUT2D eigenvalue weighted by molar-refractivity contribution is 5.53. The molecule has 1 aromatic rings. The maximum Gasteiger partial charge on any atom is 0.418 e. The summed E-state index contributed by atoms with van der Waals surface area (Å²) in [6.45, 7) is 2.19. The Bertz CT molecular complexity index is 442. The molecule has 2 rings (SSSR count). The molecule has 0 aliphatic heterocycles. The van der Waals surface area contributed by atoms with Crippen LogP contribution in [0.3, 0.4) is 0 Å². The van der Waals surface area contributed by atoms with Crippen molar-refractivity contribution < 1.29 is 13.2 Å². The Hall–Kier alpha value is -1.19. The van der Waals surface area contributed by atoms with Gasteiger partial charge in [-0.15, -0.1) is 0 Å². The molecule has 21 heavy (non-hydrogen) atoms. The van der Waals surface area contributed by atoms with Crippen molar-refractivity contribution >= 4 is 5.69 Å². The molecule has 2 unspecified atom stereocenters. The van der Waals surface area contributed by atoms with Crippen LogP contribution in [0.4, 0.5) is 18.9 Å². The first-order valence-corrected chi connectivity index (χ1v) is 7.93. The second-order valence-corrected chi connectivity index (χ2v) is 6.05. The molecule has 0 spiro atoms. The van der Waals surface area contributed by atoms with Crippen molar-refractivity contribution in [3.63, 3.8) is 0 Å². The number of para-hydroxylation sites is 1. The smallest absolute Gasteiger partial charge is 0.382 e. The number of benzene rings is 1. The van der Waals surface area contributed by atoms with Gasteiger partial charge in [0.25, 0.3) is 0 Å². The van der Waals surface area contributed by atoms with Gasteiger partial charge >= 0.3 is 6.18 Å². The number of halogens is 3. The summed E-state index contributed by atoms with van der Waals surface area (Å²) in [6.07, 6.45) is 3.52. The molecule has 0 saturated heterocycles. The van der Waals surface area contributed by atoms with E-state index in [0.29, 0.717) is 0 Å². The van der Waals surface area contributed by atoms with E-state index in [-0.39, 0.29) is 11.7 Å². The Balaban J connectivity index is 2.02. The van der Waals surface area contributed by atoms with Crippen LogP contribution in [-0.2, 0) is 6.18 Å². The lowest BCUT2D eigenvalue weighted by Crippen LogP contribution is -2.21. The fourth-order valence-corrected chi connectivity index (χ4v) is 3.30. The van der Waals surface area contributed by atoms with Crippen molar-refractivity contribution in [2.24, 2.45) is 5.92 Å². The second kappa shape index (κ2) is 7.19. The molecule has 4 heteroatoms. The maximum atomic E-state index is 13.0. The highest BCUT2D eigenvalue weighted by Crippen LogP contribution is 2.36. The summed E-state index contributed by atoms with van der Waals surface area (Å²) in [5.74, 6) is 0.750. The predicted octanol–water partition coefficient (Wildman–Crippen LogP) is 5.87. The molecule has 0 bridgehead atoms. The Kier molecular flexibility index (Phi) is 5.54. The van der Waals surface area contributed by atoms with Gasteiger partial charge in [0.2, 0.25) is 0 Å². The minimum Gasteiger partial charge on any atom is -0.382 e. The van der Waals surface area contributed by atoms with Gasteiger partial charge in [0.15, 0.2) is 0 Å². The largest absolute Gasteiger partial charge is 0.418 e. The van der Waals surface area contributed by atoms with Gasteiger partial charge in [0.05, 0.1) is 5.56 Å². The molecule has 1 nitrogen and oxygen atoms in total. The van der Waals surface area contributed by atoms with E-state index in [2.05, 4.69) is 12.2 Å². The third kappa shape index (κ3) is 4.65. The maximum absolute atomic E-state index is 13.0. The zero-order chi connectivity index (χ0) is 15.3. The van der Waals surface area contributed by atoms with Gasteiger partial charge in [-0.05, 0) is 37.3 Å². The van der Waals surface area contributed by atoms with Crippen LogP contribution < -0.4 is 5.32 Å².